The summed E-state index contributed by atoms with van der Waals surface area (Å²) in [6.07, 6.45) is 5.41. The standard InChI is InChI=1S/C16H32N12/c1-4-20-13(7-17-1)10-23-26-16(27-24-11-14-8-18-2-5-21-14)28-25-12-15-9-19-3-6-22-15/h10-15,17-22H,1-9H2,(H2,26,27,28). The van der Waals surface area contributed by atoms with E-state index in [1.807, 2.05) is 12.4 Å². The van der Waals surface area contributed by atoms with Crippen LogP contribution in [0.15, 0.2) is 20.4 Å². The van der Waals surface area contributed by atoms with E-state index < -0.39 is 0 Å². The zero-order valence-electron chi connectivity index (χ0n) is 16.1. The highest BCUT2D eigenvalue weighted by atomic mass is 15.5. The van der Waals surface area contributed by atoms with Crippen LogP contribution in [0.5, 0.6) is 0 Å². The molecule has 3 rings (SSSR count). The van der Waals surface area contributed by atoms with Gasteiger partial charge >= 0.3 is 0 Å². The van der Waals surface area contributed by atoms with Crippen LogP contribution in [0.3, 0.4) is 0 Å². The van der Waals surface area contributed by atoms with Crippen molar-refractivity contribution < 1.29 is 0 Å². The Morgan fingerprint density at radius 3 is 1.54 bits per heavy atom. The molecule has 0 spiro atoms. The summed E-state index contributed by atoms with van der Waals surface area (Å²) in [5, 5.41) is 36.9. The monoisotopic (exact) mass is 392 g/mol. The van der Waals surface area contributed by atoms with Gasteiger partial charge in [-0.3, -0.25) is 0 Å². The predicted octanol–water partition coefficient (Wildman–Crippen LogP) is -3.84. The lowest BCUT2D eigenvalue weighted by Gasteiger charge is -2.21. The number of hydrogen-bond acceptors (Lipinski definition) is 10. The van der Waals surface area contributed by atoms with Crippen molar-refractivity contribution in [3.63, 3.8) is 0 Å². The lowest BCUT2D eigenvalue weighted by Crippen LogP contribution is -2.49. The van der Waals surface area contributed by atoms with Crippen LogP contribution >= 0.6 is 0 Å². The molecule has 156 valence electrons. The van der Waals surface area contributed by atoms with Gasteiger partial charge in [0.05, 0.1) is 18.1 Å². The van der Waals surface area contributed by atoms with Crippen molar-refractivity contribution in [2.45, 2.75) is 18.1 Å². The molecule has 0 aliphatic carbocycles. The summed E-state index contributed by atoms with van der Waals surface area (Å²) in [6.45, 7) is 8.23. The predicted molar refractivity (Wildman–Crippen MR) is 113 cm³/mol. The van der Waals surface area contributed by atoms with Crippen molar-refractivity contribution in [1.29, 1.82) is 0 Å². The SMILES string of the molecule is C(=NN=C(NN=CC1CNCCN1)NN=CC1CNCCN1)C1CNCCN1. The molecule has 3 saturated heterocycles. The summed E-state index contributed by atoms with van der Waals surface area (Å²) in [5.74, 6) is 0.361. The van der Waals surface area contributed by atoms with E-state index in [9.17, 15) is 0 Å². The summed E-state index contributed by atoms with van der Waals surface area (Å²) in [6, 6.07) is 0.537. The van der Waals surface area contributed by atoms with Crippen molar-refractivity contribution in [3.8, 4) is 0 Å². The number of nitrogens with one attached hydrogen (secondary N) is 8. The highest BCUT2D eigenvalue weighted by Crippen LogP contribution is 1.86. The van der Waals surface area contributed by atoms with Gasteiger partial charge < -0.3 is 31.9 Å². The van der Waals surface area contributed by atoms with Crippen molar-refractivity contribution in [1.82, 2.24) is 42.8 Å². The molecule has 3 aliphatic heterocycles. The molecule has 28 heavy (non-hydrogen) atoms. The lowest BCUT2D eigenvalue weighted by molar-refractivity contribution is 0.491. The summed E-state index contributed by atoms with van der Waals surface area (Å²) in [4.78, 5) is 0. The molecule has 0 amide bonds. The third kappa shape index (κ3) is 7.96. The number of hydrazone groups is 2. The van der Waals surface area contributed by atoms with Crippen LogP contribution < -0.4 is 42.8 Å². The summed E-state index contributed by atoms with van der Waals surface area (Å²) in [5.41, 5.74) is 5.77. The van der Waals surface area contributed by atoms with Gasteiger partial charge in [0, 0.05) is 77.5 Å². The van der Waals surface area contributed by atoms with Gasteiger partial charge in [0.15, 0.2) is 0 Å². The van der Waals surface area contributed by atoms with E-state index in [4.69, 9.17) is 0 Å². The third-order valence-corrected chi connectivity index (χ3v) is 4.47. The molecule has 3 heterocycles. The van der Waals surface area contributed by atoms with Crippen LogP contribution in [0.1, 0.15) is 0 Å². The van der Waals surface area contributed by atoms with Crippen LogP contribution in [0, 0.1) is 0 Å². The molecule has 0 saturated carbocycles. The van der Waals surface area contributed by atoms with E-state index >= 15 is 0 Å². The number of hydrogen-bond donors (Lipinski definition) is 8. The average molecular weight is 393 g/mol. The second kappa shape index (κ2) is 12.5. The normalized spacial score (nSPS) is 29.4. The van der Waals surface area contributed by atoms with Crippen molar-refractivity contribution in [3.05, 3.63) is 0 Å². The largest absolute Gasteiger partial charge is 0.314 e. The van der Waals surface area contributed by atoms with Crippen LogP contribution in [0.2, 0.25) is 0 Å². The number of nitrogens with zero attached hydrogens (tertiary/aromatic N) is 4. The van der Waals surface area contributed by atoms with Gasteiger partial charge in [0.2, 0.25) is 0 Å². The van der Waals surface area contributed by atoms with Crippen molar-refractivity contribution in [2.24, 2.45) is 20.4 Å². The van der Waals surface area contributed by atoms with E-state index in [2.05, 4.69) is 63.2 Å². The molecule has 8 N–H and O–H groups in total. The molecule has 0 aromatic heterocycles. The first-order valence-corrected chi connectivity index (χ1v) is 9.92. The van der Waals surface area contributed by atoms with Gasteiger partial charge in [-0.15, -0.1) is 5.10 Å². The zero-order chi connectivity index (χ0) is 19.3. The van der Waals surface area contributed by atoms with Gasteiger partial charge in [0.25, 0.3) is 5.96 Å². The maximum absolute atomic E-state index is 4.25. The summed E-state index contributed by atoms with van der Waals surface area (Å²) in [7, 11) is 0. The summed E-state index contributed by atoms with van der Waals surface area (Å²) < 4.78 is 0. The van der Waals surface area contributed by atoms with Crippen LogP contribution in [-0.2, 0) is 0 Å². The highest BCUT2D eigenvalue weighted by molar-refractivity contribution is 5.82. The van der Waals surface area contributed by atoms with Crippen molar-refractivity contribution >= 4 is 24.6 Å². The van der Waals surface area contributed by atoms with Crippen LogP contribution in [0.4, 0.5) is 0 Å². The fourth-order valence-electron chi connectivity index (χ4n) is 2.96. The van der Waals surface area contributed by atoms with Gasteiger partial charge in [-0.05, 0) is 0 Å². The lowest BCUT2D eigenvalue weighted by atomic mass is 10.2. The Hall–Kier alpha value is -1.96. The number of piperazine rings is 3. The molecule has 3 unspecified atom stereocenters. The van der Waals surface area contributed by atoms with Gasteiger partial charge in [-0.2, -0.15) is 15.3 Å². The molecule has 0 aromatic carbocycles. The first kappa shape index (κ1) is 20.8. The molecule has 0 radical (unpaired) electrons. The fourth-order valence-corrected chi connectivity index (χ4v) is 2.96. The van der Waals surface area contributed by atoms with Gasteiger partial charge in [-0.25, -0.2) is 10.9 Å². The van der Waals surface area contributed by atoms with Gasteiger partial charge in [-0.1, -0.05) is 0 Å². The second-order valence-corrected chi connectivity index (χ2v) is 6.79. The molecular weight excluding hydrogens is 360 g/mol. The van der Waals surface area contributed by atoms with E-state index in [1.54, 1.807) is 6.21 Å². The average Bonchev–Trinajstić information content (AvgIpc) is 2.76. The smallest absolute Gasteiger partial charge is 0.257 e. The maximum Gasteiger partial charge on any atom is 0.257 e. The van der Waals surface area contributed by atoms with Crippen molar-refractivity contribution in [2.75, 3.05) is 58.9 Å². The van der Waals surface area contributed by atoms with E-state index in [-0.39, 0.29) is 18.1 Å². The zero-order valence-corrected chi connectivity index (χ0v) is 16.1. The molecule has 12 nitrogen and oxygen atoms in total. The third-order valence-electron chi connectivity index (χ3n) is 4.47. The Labute approximate surface area is 165 Å². The fraction of sp³-hybridized carbons (Fsp3) is 0.750. The van der Waals surface area contributed by atoms with Crippen LogP contribution in [0.25, 0.3) is 0 Å². The minimum atomic E-state index is 0.167. The Balaban J connectivity index is 1.52. The van der Waals surface area contributed by atoms with E-state index in [1.165, 1.54) is 0 Å². The quantitative estimate of drug-likeness (QED) is 0.130. The number of guanidine groups is 1. The minimum Gasteiger partial charge on any atom is -0.314 e. The minimum absolute atomic E-state index is 0.167. The number of rotatable bonds is 6. The van der Waals surface area contributed by atoms with E-state index in [0.29, 0.717) is 5.96 Å². The molecule has 3 atom stereocenters. The topological polar surface area (TPSA) is 146 Å². The second-order valence-electron chi connectivity index (χ2n) is 6.79. The Morgan fingerprint density at radius 2 is 1.11 bits per heavy atom. The van der Waals surface area contributed by atoms with E-state index in [0.717, 1.165) is 58.9 Å². The molecule has 12 heteroatoms. The Morgan fingerprint density at radius 1 is 0.643 bits per heavy atom. The maximum atomic E-state index is 4.25. The first-order valence-electron chi connectivity index (χ1n) is 9.92. The molecular formula is C16H32N12. The van der Waals surface area contributed by atoms with Crippen LogP contribution in [-0.4, -0.2) is 102 Å². The highest BCUT2D eigenvalue weighted by Gasteiger charge is 2.10. The molecule has 3 fully saturated rings. The molecule has 3 aliphatic rings. The Kier molecular flexibility index (Phi) is 9.26. The Bertz CT molecular complexity index is 510. The molecule has 0 aromatic rings. The first-order chi connectivity index (χ1) is 13.9. The van der Waals surface area contributed by atoms with Gasteiger partial charge in [0.1, 0.15) is 0 Å². The summed E-state index contributed by atoms with van der Waals surface area (Å²) >= 11 is 0. The molecule has 0 bridgehead atoms.